The number of H-pyrrole nitrogens is 1. The molecule has 3 aromatic rings. The van der Waals surface area contributed by atoms with Crippen molar-refractivity contribution in [1.82, 2.24) is 9.88 Å². The molecule has 1 aliphatic heterocycles. The number of rotatable bonds is 2. The zero-order chi connectivity index (χ0) is 24.3. The third-order valence-electron chi connectivity index (χ3n) is 5.22. The summed E-state index contributed by atoms with van der Waals surface area (Å²) < 4.78 is 43.1. The molecule has 2 amide bonds. The molecule has 33 heavy (non-hydrogen) atoms. The number of ether oxygens (including phenoxy) is 1. The Morgan fingerprint density at radius 1 is 1.15 bits per heavy atom. The lowest BCUT2D eigenvalue weighted by atomic mass is 9.92. The van der Waals surface area contributed by atoms with Crippen molar-refractivity contribution in [3.05, 3.63) is 64.3 Å². The highest BCUT2D eigenvalue weighted by molar-refractivity contribution is 6.31. The number of aromatic amines is 1. The summed E-state index contributed by atoms with van der Waals surface area (Å²) in [6.45, 7) is 4.23. The van der Waals surface area contributed by atoms with E-state index in [2.05, 4.69) is 10.3 Å². The first kappa shape index (κ1) is 24.4. The fraction of sp³-hybridized carbons (Fsp3) is 0.304. The van der Waals surface area contributed by atoms with E-state index in [4.69, 9.17) is 16.3 Å². The molecule has 2 heterocycles. The second-order valence-corrected chi connectivity index (χ2v) is 7.61. The molecule has 2 aromatic carbocycles. The summed E-state index contributed by atoms with van der Waals surface area (Å²) in [7, 11) is 1.27. The summed E-state index contributed by atoms with van der Waals surface area (Å²) in [6, 6.07) is 8.85. The molecule has 0 spiro atoms. The lowest BCUT2D eigenvalue weighted by Gasteiger charge is -2.31. The van der Waals surface area contributed by atoms with Crippen LogP contribution in [-0.4, -0.2) is 35.5 Å². The van der Waals surface area contributed by atoms with Crippen LogP contribution in [0.15, 0.2) is 42.5 Å². The molecule has 1 aromatic heterocycles. The molecule has 1 atom stereocenters. The van der Waals surface area contributed by atoms with Gasteiger partial charge in [0.15, 0.2) is 0 Å². The molecule has 0 aliphatic carbocycles. The largest absolute Gasteiger partial charge is 0.468 e. The van der Waals surface area contributed by atoms with Gasteiger partial charge in [0.25, 0.3) is 0 Å². The summed E-state index contributed by atoms with van der Waals surface area (Å²) in [5.41, 5.74) is 1.56. The van der Waals surface area contributed by atoms with E-state index in [0.29, 0.717) is 10.7 Å². The summed E-state index contributed by atoms with van der Waals surface area (Å²) in [4.78, 5) is 29.9. The highest BCUT2D eigenvalue weighted by atomic mass is 35.5. The van der Waals surface area contributed by atoms with Crippen LogP contribution in [0.1, 0.15) is 36.6 Å². The number of anilines is 1. The number of esters is 1. The molecule has 0 radical (unpaired) electrons. The van der Waals surface area contributed by atoms with Crippen molar-refractivity contribution in [2.24, 2.45) is 0 Å². The van der Waals surface area contributed by atoms with Gasteiger partial charge in [-0.3, -0.25) is 4.79 Å². The highest BCUT2D eigenvalue weighted by Gasteiger charge is 2.36. The van der Waals surface area contributed by atoms with Crippen LogP contribution in [-0.2, 0) is 22.3 Å². The van der Waals surface area contributed by atoms with E-state index >= 15 is 0 Å². The topological polar surface area (TPSA) is 74.4 Å². The number of benzene rings is 2. The summed E-state index contributed by atoms with van der Waals surface area (Å²) in [6.07, 6.45) is -4.46. The van der Waals surface area contributed by atoms with Crippen LogP contribution in [0.25, 0.3) is 10.9 Å². The molecule has 0 saturated heterocycles. The number of urea groups is 1. The van der Waals surface area contributed by atoms with Gasteiger partial charge in [-0.25, -0.2) is 4.79 Å². The van der Waals surface area contributed by atoms with Gasteiger partial charge >= 0.3 is 18.2 Å². The van der Waals surface area contributed by atoms with Gasteiger partial charge in [0, 0.05) is 33.9 Å². The quantitative estimate of drug-likeness (QED) is 0.430. The smallest absolute Gasteiger partial charge is 0.416 e. The maximum atomic E-state index is 12.8. The number of nitrogens with zero attached hydrogens (tertiary/aromatic N) is 1. The van der Waals surface area contributed by atoms with E-state index in [1.807, 2.05) is 13.8 Å². The van der Waals surface area contributed by atoms with Gasteiger partial charge in [-0.15, -0.1) is 0 Å². The number of amides is 2. The summed E-state index contributed by atoms with van der Waals surface area (Å²) in [5.74, 6) is -1.24. The van der Waals surface area contributed by atoms with Crippen LogP contribution in [0.3, 0.4) is 0 Å². The van der Waals surface area contributed by atoms with E-state index < -0.39 is 29.7 Å². The van der Waals surface area contributed by atoms with Crippen LogP contribution in [0, 0.1) is 0 Å². The Hall–Kier alpha value is -3.20. The number of carbonyl (C=O) groups excluding carboxylic acids is 2. The van der Waals surface area contributed by atoms with E-state index in [-0.39, 0.29) is 18.8 Å². The first-order chi connectivity index (χ1) is 15.7. The van der Waals surface area contributed by atoms with Gasteiger partial charge < -0.3 is 19.9 Å². The van der Waals surface area contributed by atoms with Crippen molar-refractivity contribution in [1.29, 1.82) is 0 Å². The number of nitrogens with one attached hydrogen (secondary N) is 2. The predicted octanol–water partition coefficient (Wildman–Crippen LogP) is 6.17. The van der Waals surface area contributed by atoms with Crippen LogP contribution in [0.2, 0.25) is 5.02 Å². The summed E-state index contributed by atoms with van der Waals surface area (Å²) >= 11 is 6.11. The van der Waals surface area contributed by atoms with Gasteiger partial charge in [-0.2, -0.15) is 13.2 Å². The van der Waals surface area contributed by atoms with Crippen LogP contribution >= 0.6 is 11.6 Å². The van der Waals surface area contributed by atoms with Crippen molar-refractivity contribution >= 4 is 40.2 Å². The maximum absolute atomic E-state index is 12.8. The number of fused-ring (bicyclic) bond motifs is 3. The Balaban J connectivity index is 0.00000149. The maximum Gasteiger partial charge on any atom is 0.416 e. The van der Waals surface area contributed by atoms with Crippen LogP contribution < -0.4 is 5.32 Å². The van der Waals surface area contributed by atoms with E-state index in [0.717, 1.165) is 28.6 Å². The van der Waals surface area contributed by atoms with Crippen molar-refractivity contribution in [2.45, 2.75) is 32.5 Å². The number of aromatic nitrogens is 1. The van der Waals surface area contributed by atoms with Gasteiger partial charge in [-0.1, -0.05) is 25.4 Å². The number of hydrogen-bond donors (Lipinski definition) is 2. The Kier molecular flexibility index (Phi) is 7.22. The van der Waals surface area contributed by atoms with Gasteiger partial charge in [-0.05, 0) is 48.0 Å². The molecular weight excluding hydrogens is 459 g/mol. The Morgan fingerprint density at radius 3 is 2.42 bits per heavy atom. The number of alkyl halides is 3. The number of halogens is 4. The van der Waals surface area contributed by atoms with Crippen molar-refractivity contribution in [3.8, 4) is 0 Å². The average Bonchev–Trinajstić information content (AvgIpc) is 3.16. The van der Waals surface area contributed by atoms with Crippen molar-refractivity contribution in [2.75, 3.05) is 19.0 Å². The minimum atomic E-state index is -4.46. The second kappa shape index (κ2) is 9.74. The lowest BCUT2D eigenvalue weighted by molar-refractivity contribution is -0.143. The van der Waals surface area contributed by atoms with E-state index in [1.54, 1.807) is 18.2 Å². The normalized spacial score (nSPS) is 15.4. The minimum absolute atomic E-state index is 0.0472. The SMILES string of the molecule is CC.COC(=O)C1CN(C(=O)Nc2ccc(C(F)(F)F)cc2)Cc2[nH]c3ccc(Cl)cc3c21. The monoisotopic (exact) mass is 481 g/mol. The second-order valence-electron chi connectivity index (χ2n) is 7.17. The first-order valence-electron chi connectivity index (χ1n) is 10.3. The average molecular weight is 482 g/mol. The van der Waals surface area contributed by atoms with Crippen molar-refractivity contribution in [3.63, 3.8) is 0 Å². The Morgan fingerprint density at radius 2 is 1.82 bits per heavy atom. The fourth-order valence-corrected chi connectivity index (χ4v) is 3.94. The Labute approximate surface area is 193 Å². The van der Waals surface area contributed by atoms with Crippen LogP contribution in [0.4, 0.5) is 23.7 Å². The molecular formula is C23H23ClF3N3O3. The van der Waals surface area contributed by atoms with Crippen molar-refractivity contribution < 1.29 is 27.5 Å². The molecule has 1 aliphatic rings. The molecule has 1 unspecified atom stereocenters. The number of methoxy groups -OCH3 is 1. The molecule has 176 valence electrons. The summed E-state index contributed by atoms with van der Waals surface area (Å²) in [5, 5.41) is 3.87. The molecule has 0 saturated carbocycles. The number of carbonyl (C=O) groups is 2. The molecule has 0 bridgehead atoms. The zero-order valence-corrected chi connectivity index (χ0v) is 19.0. The molecule has 4 rings (SSSR count). The fourth-order valence-electron chi connectivity index (χ4n) is 3.77. The first-order valence-corrected chi connectivity index (χ1v) is 10.7. The zero-order valence-electron chi connectivity index (χ0n) is 18.2. The molecule has 2 N–H and O–H groups in total. The highest BCUT2D eigenvalue weighted by Crippen LogP contribution is 2.37. The lowest BCUT2D eigenvalue weighted by Crippen LogP contribution is -2.42. The van der Waals surface area contributed by atoms with E-state index in [9.17, 15) is 22.8 Å². The number of hydrogen-bond acceptors (Lipinski definition) is 3. The van der Waals surface area contributed by atoms with Gasteiger partial charge in [0.2, 0.25) is 0 Å². The minimum Gasteiger partial charge on any atom is -0.468 e. The van der Waals surface area contributed by atoms with Gasteiger partial charge in [0.1, 0.15) is 5.92 Å². The third-order valence-corrected chi connectivity index (χ3v) is 5.45. The standard InChI is InChI=1S/C21H17ClF3N3O3.C2H6/c1-31-19(29)15-9-28(10-17-18(15)14-8-12(22)4-7-16(14)27-17)20(30)26-13-5-2-11(3-6-13)21(23,24)25;1-2/h2-8,15,27H,9-10H2,1H3,(H,26,30);1-2H3. The molecule has 10 heteroatoms. The molecule has 6 nitrogen and oxygen atoms in total. The van der Waals surface area contributed by atoms with E-state index in [1.165, 1.54) is 24.1 Å². The Bertz CT molecular complexity index is 1160. The van der Waals surface area contributed by atoms with Gasteiger partial charge in [0.05, 0.1) is 19.2 Å². The van der Waals surface area contributed by atoms with Crippen LogP contribution in [0.5, 0.6) is 0 Å². The predicted molar refractivity (Wildman–Crippen MR) is 120 cm³/mol. The third kappa shape index (κ3) is 5.08. The molecule has 0 fully saturated rings.